The van der Waals surface area contributed by atoms with Crippen LogP contribution < -0.4 is 14.8 Å². The molecule has 2 aromatic carbocycles. The maximum absolute atomic E-state index is 12.0. The molecular formula is C18H17ClN2O7. The number of hydrogen-bond donors (Lipinski definition) is 1. The number of nitro benzene ring substituents is 1. The number of hydrogen-bond acceptors (Lipinski definition) is 7. The molecule has 1 amide bonds. The Balaban J connectivity index is 1.91. The molecule has 0 saturated heterocycles. The van der Waals surface area contributed by atoms with Gasteiger partial charge in [0.25, 0.3) is 11.6 Å². The normalized spacial score (nSPS) is 10.1. The van der Waals surface area contributed by atoms with Gasteiger partial charge in [0.15, 0.2) is 18.1 Å². The molecule has 0 fully saturated rings. The molecule has 0 saturated carbocycles. The van der Waals surface area contributed by atoms with Gasteiger partial charge in [0.2, 0.25) is 0 Å². The molecule has 2 aromatic rings. The largest absolute Gasteiger partial charge is 0.493 e. The van der Waals surface area contributed by atoms with Gasteiger partial charge in [0, 0.05) is 18.7 Å². The Morgan fingerprint density at radius 2 is 1.82 bits per heavy atom. The molecule has 10 heteroatoms. The summed E-state index contributed by atoms with van der Waals surface area (Å²) in [6, 6.07) is 8.52. The van der Waals surface area contributed by atoms with E-state index in [0.717, 1.165) is 17.7 Å². The number of amides is 1. The van der Waals surface area contributed by atoms with Gasteiger partial charge in [-0.3, -0.25) is 14.9 Å². The SMILES string of the molecule is COc1ccc(CNC(=O)COC(=O)c2cc([N+](=O)[O-])ccc2Cl)cc1OC. The fraction of sp³-hybridized carbons (Fsp3) is 0.222. The van der Waals surface area contributed by atoms with E-state index in [1.54, 1.807) is 18.2 Å². The molecule has 1 N–H and O–H groups in total. The minimum atomic E-state index is -0.935. The van der Waals surface area contributed by atoms with Gasteiger partial charge in [-0.15, -0.1) is 0 Å². The van der Waals surface area contributed by atoms with E-state index in [2.05, 4.69) is 5.32 Å². The summed E-state index contributed by atoms with van der Waals surface area (Å²) in [6.07, 6.45) is 0. The maximum Gasteiger partial charge on any atom is 0.340 e. The van der Waals surface area contributed by atoms with Crippen LogP contribution >= 0.6 is 11.6 Å². The van der Waals surface area contributed by atoms with Crippen molar-refractivity contribution in [2.75, 3.05) is 20.8 Å². The summed E-state index contributed by atoms with van der Waals surface area (Å²) in [5, 5.41) is 13.4. The average Bonchev–Trinajstić information content (AvgIpc) is 2.70. The summed E-state index contributed by atoms with van der Waals surface area (Å²) in [5.74, 6) is -0.416. The quantitative estimate of drug-likeness (QED) is 0.405. The van der Waals surface area contributed by atoms with Crippen molar-refractivity contribution in [2.45, 2.75) is 6.54 Å². The first kappa shape index (κ1) is 21.0. The molecule has 0 bridgehead atoms. The zero-order valence-electron chi connectivity index (χ0n) is 15.1. The third-order valence-corrected chi connectivity index (χ3v) is 3.98. The third-order valence-electron chi connectivity index (χ3n) is 3.65. The van der Waals surface area contributed by atoms with E-state index in [9.17, 15) is 19.7 Å². The minimum absolute atomic E-state index is 0.0127. The summed E-state index contributed by atoms with van der Waals surface area (Å²) >= 11 is 5.86. The highest BCUT2D eigenvalue weighted by molar-refractivity contribution is 6.33. The average molecular weight is 409 g/mol. The zero-order chi connectivity index (χ0) is 20.7. The Morgan fingerprint density at radius 3 is 2.46 bits per heavy atom. The number of methoxy groups -OCH3 is 2. The van der Waals surface area contributed by atoms with Crippen LogP contribution in [0.3, 0.4) is 0 Å². The summed E-state index contributed by atoms with van der Waals surface area (Å²) in [6.45, 7) is -0.389. The number of carbonyl (C=O) groups excluding carboxylic acids is 2. The summed E-state index contributed by atoms with van der Waals surface area (Å²) in [4.78, 5) is 34.1. The van der Waals surface area contributed by atoms with Gasteiger partial charge in [-0.1, -0.05) is 17.7 Å². The molecule has 28 heavy (non-hydrogen) atoms. The smallest absolute Gasteiger partial charge is 0.340 e. The standard InChI is InChI=1S/C18H17ClN2O7/c1-26-15-6-3-11(7-16(15)27-2)9-20-17(22)10-28-18(23)13-8-12(21(24)25)4-5-14(13)19/h3-8H,9-10H2,1-2H3,(H,20,22). The van der Waals surface area contributed by atoms with Crippen LogP contribution in [0.15, 0.2) is 36.4 Å². The van der Waals surface area contributed by atoms with E-state index in [-0.39, 0.29) is 22.8 Å². The number of rotatable bonds is 8. The lowest BCUT2D eigenvalue weighted by molar-refractivity contribution is -0.384. The van der Waals surface area contributed by atoms with E-state index in [1.807, 2.05) is 0 Å². The van der Waals surface area contributed by atoms with Gasteiger partial charge in [-0.2, -0.15) is 0 Å². The van der Waals surface area contributed by atoms with Crippen LogP contribution in [0.1, 0.15) is 15.9 Å². The van der Waals surface area contributed by atoms with Gasteiger partial charge >= 0.3 is 5.97 Å². The number of non-ortho nitro benzene ring substituents is 1. The number of nitrogens with zero attached hydrogens (tertiary/aromatic N) is 1. The van der Waals surface area contributed by atoms with Crippen molar-refractivity contribution < 1.29 is 28.7 Å². The summed E-state index contributed by atoms with van der Waals surface area (Å²) < 4.78 is 15.2. The van der Waals surface area contributed by atoms with Gasteiger partial charge in [-0.05, 0) is 23.8 Å². The molecular weight excluding hydrogens is 392 g/mol. The van der Waals surface area contributed by atoms with Gasteiger partial charge in [0.1, 0.15) is 0 Å². The Labute approximate surface area is 165 Å². The molecule has 0 aromatic heterocycles. The molecule has 0 aliphatic carbocycles. The molecule has 148 valence electrons. The van der Waals surface area contributed by atoms with Crippen molar-refractivity contribution in [3.05, 3.63) is 62.7 Å². The Bertz CT molecular complexity index is 901. The number of nitro groups is 1. The second-order valence-corrected chi connectivity index (χ2v) is 5.87. The van der Waals surface area contributed by atoms with Crippen LogP contribution in [0.2, 0.25) is 5.02 Å². The van der Waals surface area contributed by atoms with Crippen LogP contribution in [0, 0.1) is 10.1 Å². The predicted octanol–water partition coefficient (Wildman–Crippen LogP) is 2.74. The fourth-order valence-electron chi connectivity index (χ4n) is 2.23. The molecule has 0 radical (unpaired) electrons. The number of esters is 1. The lowest BCUT2D eigenvalue weighted by atomic mass is 10.2. The molecule has 0 aliphatic rings. The molecule has 0 heterocycles. The highest BCUT2D eigenvalue weighted by atomic mass is 35.5. The number of ether oxygens (including phenoxy) is 3. The van der Waals surface area contributed by atoms with Crippen molar-refractivity contribution in [2.24, 2.45) is 0 Å². The van der Waals surface area contributed by atoms with Crippen molar-refractivity contribution in [1.82, 2.24) is 5.32 Å². The molecule has 0 spiro atoms. The van der Waals surface area contributed by atoms with Crippen LogP contribution in [0.4, 0.5) is 5.69 Å². The van der Waals surface area contributed by atoms with E-state index < -0.39 is 23.4 Å². The highest BCUT2D eigenvalue weighted by Gasteiger charge is 2.18. The first-order valence-corrected chi connectivity index (χ1v) is 8.32. The lowest BCUT2D eigenvalue weighted by Crippen LogP contribution is -2.28. The maximum atomic E-state index is 12.0. The third kappa shape index (κ3) is 5.34. The van der Waals surface area contributed by atoms with E-state index >= 15 is 0 Å². The van der Waals surface area contributed by atoms with Crippen molar-refractivity contribution >= 4 is 29.2 Å². The van der Waals surface area contributed by atoms with Gasteiger partial charge < -0.3 is 19.5 Å². The first-order chi connectivity index (χ1) is 13.3. The van der Waals surface area contributed by atoms with Crippen molar-refractivity contribution in [3.8, 4) is 11.5 Å². The Kier molecular flexibility index (Phi) is 7.16. The first-order valence-electron chi connectivity index (χ1n) is 7.94. The molecule has 0 atom stereocenters. The molecule has 9 nitrogen and oxygen atoms in total. The number of carbonyl (C=O) groups is 2. The van der Waals surface area contributed by atoms with E-state index in [1.165, 1.54) is 20.3 Å². The van der Waals surface area contributed by atoms with Gasteiger partial charge in [-0.25, -0.2) is 4.79 Å². The highest BCUT2D eigenvalue weighted by Crippen LogP contribution is 2.27. The Morgan fingerprint density at radius 1 is 1.11 bits per heavy atom. The van der Waals surface area contributed by atoms with Crippen LogP contribution in [-0.2, 0) is 16.1 Å². The number of benzene rings is 2. The number of halogens is 1. The molecule has 0 unspecified atom stereocenters. The second kappa shape index (κ2) is 9.56. The lowest BCUT2D eigenvalue weighted by Gasteiger charge is -2.10. The zero-order valence-corrected chi connectivity index (χ0v) is 15.8. The minimum Gasteiger partial charge on any atom is -0.493 e. The fourth-order valence-corrected chi connectivity index (χ4v) is 2.43. The monoisotopic (exact) mass is 408 g/mol. The van der Waals surface area contributed by atoms with Crippen molar-refractivity contribution in [1.29, 1.82) is 0 Å². The summed E-state index contributed by atoms with van der Waals surface area (Å²) in [7, 11) is 3.01. The van der Waals surface area contributed by atoms with E-state index in [4.69, 9.17) is 25.8 Å². The van der Waals surface area contributed by atoms with Crippen molar-refractivity contribution in [3.63, 3.8) is 0 Å². The van der Waals surface area contributed by atoms with E-state index in [0.29, 0.717) is 11.5 Å². The van der Waals surface area contributed by atoms with Crippen LogP contribution in [-0.4, -0.2) is 37.6 Å². The molecule has 0 aliphatic heterocycles. The van der Waals surface area contributed by atoms with Crippen LogP contribution in [0.25, 0.3) is 0 Å². The predicted molar refractivity (Wildman–Crippen MR) is 99.8 cm³/mol. The molecule has 2 rings (SSSR count). The second-order valence-electron chi connectivity index (χ2n) is 5.46. The van der Waals surface area contributed by atoms with Gasteiger partial charge in [0.05, 0.1) is 29.7 Å². The summed E-state index contributed by atoms with van der Waals surface area (Å²) in [5.41, 5.74) is 0.247. The van der Waals surface area contributed by atoms with Crippen LogP contribution in [0.5, 0.6) is 11.5 Å². The Hall–Kier alpha value is -3.33. The number of nitrogens with one attached hydrogen (secondary N) is 1. The topological polar surface area (TPSA) is 117 Å².